The molecule has 0 aliphatic carbocycles. The zero-order valence-corrected chi connectivity index (χ0v) is 14.3. The molecule has 1 aromatic carbocycles. The summed E-state index contributed by atoms with van der Waals surface area (Å²) in [5, 5.41) is 11.8. The molecule has 134 valence electrons. The third kappa shape index (κ3) is 5.03. The second-order valence-electron chi connectivity index (χ2n) is 5.78. The largest absolute Gasteiger partial charge is 0.480 e. The highest BCUT2D eigenvalue weighted by molar-refractivity contribution is 5.83. The monoisotopic (exact) mass is 346 g/mol. The van der Waals surface area contributed by atoms with Gasteiger partial charge in [0, 0.05) is 32.9 Å². The summed E-state index contributed by atoms with van der Waals surface area (Å²) >= 11 is 0. The van der Waals surface area contributed by atoms with Crippen LogP contribution >= 0.6 is 0 Å². The van der Waals surface area contributed by atoms with E-state index in [4.69, 9.17) is 0 Å². The molecule has 2 rings (SSSR count). The number of carboxylic acids is 1. The third-order valence-electron chi connectivity index (χ3n) is 3.89. The molecule has 0 bridgehead atoms. The highest BCUT2D eigenvalue weighted by Gasteiger charge is 2.25. The Bertz CT molecular complexity index is 738. The van der Waals surface area contributed by atoms with Crippen LogP contribution in [0.5, 0.6) is 0 Å². The van der Waals surface area contributed by atoms with Crippen LogP contribution in [0.15, 0.2) is 24.3 Å². The first kappa shape index (κ1) is 18.4. The van der Waals surface area contributed by atoms with E-state index in [0.717, 1.165) is 11.0 Å². The maximum absolute atomic E-state index is 12.5. The smallest absolute Gasteiger partial charge is 0.326 e. The lowest BCUT2D eigenvalue weighted by molar-refractivity contribution is -0.149. The maximum Gasteiger partial charge on any atom is 0.326 e. The first-order chi connectivity index (χ1) is 11.9. The lowest BCUT2D eigenvalue weighted by Crippen LogP contribution is -2.46. The first-order valence-corrected chi connectivity index (χ1v) is 8.09. The van der Waals surface area contributed by atoms with E-state index in [0.29, 0.717) is 12.2 Å². The molecule has 0 saturated heterocycles. The van der Waals surface area contributed by atoms with E-state index in [2.05, 4.69) is 15.3 Å². The number of aromatic amines is 1. The van der Waals surface area contributed by atoms with E-state index in [9.17, 15) is 19.5 Å². The van der Waals surface area contributed by atoms with Gasteiger partial charge in [-0.15, -0.1) is 0 Å². The number of carboxylic acid groups (broad SMARTS) is 1. The van der Waals surface area contributed by atoms with Gasteiger partial charge in [-0.05, 0) is 19.1 Å². The van der Waals surface area contributed by atoms with Crippen LogP contribution in [-0.2, 0) is 20.8 Å². The molecule has 1 unspecified atom stereocenters. The Morgan fingerprint density at radius 3 is 2.68 bits per heavy atom. The Labute approximate surface area is 145 Å². The summed E-state index contributed by atoms with van der Waals surface area (Å²) in [6, 6.07) is 6.60. The summed E-state index contributed by atoms with van der Waals surface area (Å²) in [4.78, 5) is 43.5. The van der Waals surface area contributed by atoms with E-state index >= 15 is 0 Å². The van der Waals surface area contributed by atoms with Crippen LogP contribution in [-0.4, -0.2) is 56.9 Å². The summed E-state index contributed by atoms with van der Waals surface area (Å²) in [6.07, 6.45) is 0.522. The zero-order chi connectivity index (χ0) is 18.4. The Hall–Kier alpha value is -2.90. The Morgan fingerprint density at radius 2 is 2.04 bits per heavy atom. The van der Waals surface area contributed by atoms with Gasteiger partial charge in [-0.3, -0.25) is 9.59 Å². The average molecular weight is 346 g/mol. The van der Waals surface area contributed by atoms with Crippen LogP contribution in [0.1, 0.15) is 26.1 Å². The summed E-state index contributed by atoms with van der Waals surface area (Å²) in [5.74, 6) is -0.919. The lowest BCUT2D eigenvalue weighted by Gasteiger charge is -2.26. The zero-order valence-electron chi connectivity index (χ0n) is 14.3. The number of carbonyl (C=O) groups is 3. The number of nitrogens with one attached hydrogen (secondary N) is 2. The highest BCUT2D eigenvalue weighted by Crippen LogP contribution is 2.12. The molecule has 2 amide bonds. The Morgan fingerprint density at radius 1 is 1.32 bits per heavy atom. The second-order valence-corrected chi connectivity index (χ2v) is 5.78. The van der Waals surface area contributed by atoms with Gasteiger partial charge >= 0.3 is 5.97 Å². The van der Waals surface area contributed by atoms with Gasteiger partial charge in [-0.25, -0.2) is 9.78 Å². The number of hydrogen-bond acceptors (Lipinski definition) is 4. The molecule has 25 heavy (non-hydrogen) atoms. The minimum Gasteiger partial charge on any atom is -0.480 e. The van der Waals surface area contributed by atoms with Crippen molar-refractivity contribution in [1.82, 2.24) is 20.2 Å². The number of carbonyl (C=O) groups excluding carboxylic acids is 2. The van der Waals surface area contributed by atoms with E-state index in [1.165, 1.54) is 18.7 Å². The van der Waals surface area contributed by atoms with Crippen molar-refractivity contribution in [2.24, 2.45) is 0 Å². The quantitative estimate of drug-likeness (QED) is 0.658. The number of nitrogens with zero attached hydrogens (tertiary/aromatic N) is 2. The molecule has 0 radical (unpaired) electrons. The van der Waals surface area contributed by atoms with Gasteiger partial charge < -0.3 is 20.3 Å². The summed E-state index contributed by atoms with van der Waals surface area (Å²) in [5.41, 5.74) is 1.72. The molecular formula is C17H22N4O4. The van der Waals surface area contributed by atoms with Crippen LogP contribution in [0.2, 0.25) is 0 Å². The van der Waals surface area contributed by atoms with Crippen molar-refractivity contribution in [2.75, 3.05) is 13.1 Å². The molecule has 1 atom stereocenters. The van der Waals surface area contributed by atoms with E-state index in [1.807, 2.05) is 24.3 Å². The van der Waals surface area contributed by atoms with Crippen molar-refractivity contribution in [2.45, 2.75) is 32.7 Å². The number of benzene rings is 1. The van der Waals surface area contributed by atoms with Gasteiger partial charge in [0.25, 0.3) is 0 Å². The number of imidazole rings is 1. The van der Waals surface area contributed by atoms with Gasteiger partial charge in [-0.1, -0.05) is 12.1 Å². The topological polar surface area (TPSA) is 115 Å². The second kappa shape index (κ2) is 8.27. The Balaban J connectivity index is 1.99. The van der Waals surface area contributed by atoms with Crippen LogP contribution in [0.4, 0.5) is 0 Å². The van der Waals surface area contributed by atoms with Crippen molar-refractivity contribution >= 4 is 28.8 Å². The average Bonchev–Trinajstić information content (AvgIpc) is 2.98. The maximum atomic E-state index is 12.5. The fourth-order valence-corrected chi connectivity index (χ4v) is 2.51. The number of fused-ring (bicyclic) bond motifs is 1. The van der Waals surface area contributed by atoms with Crippen molar-refractivity contribution in [1.29, 1.82) is 0 Å². The Kier molecular flexibility index (Phi) is 6.10. The van der Waals surface area contributed by atoms with E-state index in [1.54, 1.807) is 0 Å². The van der Waals surface area contributed by atoms with Gasteiger partial charge in [0.1, 0.15) is 11.9 Å². The third-order valence-corrected chi connectivity index (χ3v) is 3.89. The number of aryl methyl sites for hydroxylation is 1. The van der Waals surface area contributed by atoms with Crippen LogP contribution < -0.4 is 5.32 Å². The molecule has 8 nitrogen and oxygen atoms in total. The number of para-hydroxylation sites is 2. The number of rotatable bonds is 8. The van der Waals surface area contributed by atoms with Crippen molar-refractivity contribution in [3.8, 4) is 0 Å². The van der Waals surface area contributed by atoms with Gasteiger partial charge in [0.05, 0.1) is 11.0 Å². The normalized spacial score (nSPS) is 11.9. The van der Waals surface area contributed by atoms with Crippen molar-refractivity contribution < 1.29 is 19.5 Å². The summed E-state index contributed by atoms with van der Waals surface area (Å²) in [7, 11) is 0. The molecule has 0 aliphatic heterocycles. The van der Waals surface area contributed by atoms with Gasteiger partial charge in [0.15, 0.2) is 0 Å². The number of H-pyrrole nitrogens is 1. The number of hydrogen-bond donors (Lipinski definition) is 3. The standard InChI is InChI=1S/C17H22N4O4/c1-11(17(24)25)21(10-9-18-12(2)22)16(23)8-7-15-19-13-5-3-4-6-14(13)20-15/h3-6,11H,7-10H2,1-2H3,(H,18,22)(H,19,20)(H,24,25). The molecule has 0 spiro atoms. The summed E-state index contributed by atoms with van der Waals surface area (Å²) in [6.45, 7) is 3.18. The van der Waals surface area contributed by atoms with Gasteiger partial charge in [-0.2, -0.15) is 0 Å². The van der Waals surface area contributed by atoms with Crippen molar-refractivity contribution in [3.63, 3.8) is 0 Å². The summed E-state index contributed by atoms with van der Waals surface area (Å²) < 4.78 is 0. The van der Waals surface area contributed by atoms with E-state index < -0.39 is 12.0 Å². The predicted molar refractivity (Wildman–Crippen MR) is 91.9 cm³/mol. The van der Waals surface area contributed by atoms with Crippen molar-refractivity contribution in [3.05, 3.63) is 30.1 Å². The lowest BCUT2D eigenvalue weighted by atomic mass is 10.2. The molecule has 0 aliphatic rings. The number of amides is 2. The SMILES string of the molecule is CC(=O)NCCN(C(=O)CCc1nc2ccccc2[nH]1)C(C)C(=O)O. The number of aliphatic carboxylic acids is 1. The molecule has 0 saturated carbocycles. The van der Waals surface area contributed by atoms with Crippen LogP contribution in [0.3, 0.4) is 0 Å². The molecule has 3 N–H and O–H groups in total. The molecule has 1 aromatic heterocycles. The fraction of sp³-hybridized carbons (Fsp3) is 0.412. The molecule has 0 fully saturated rings. The highest BCUT2D eigenvalue weighted by atomic mass is 16.4. The fourth-order valence-electron chi connectivity index (χ4n) is 2.51. The minimum atomic E-state index is -1.08. The van der Waals surface area contributed by atoms with E-state index in [-0.39, 0.29) is 31.3 Å². The molecule has 2 aromatic rings. The first-order valence-electron chi connectivity index (χ1n) is 8.09. The minimum absolute atomic E-state index is 0.136. The molecule has 1 heterocycles. The van der Waals surface area contributed by atoms with Crippen LogP contribution in [0.25, 0.3) is 11.0 Å². The molecular weight excluding hydrogens is 324 g/mol. The predicted octanol–water partition coefficient (Wildman–Crippen LogP) is 0.933. The number of aromatic nitrogens is 2. The van der Waals surface area contributed by atoms with Gasteiger partial charge in [0.2, 0.25) is 11.8 Å². The molecule has 8 heteroatoms. The van der Waals surface area contributed by atoms with Crippen LogP contribution in [0, 0.1) is 0 Å².